The minimum Gasteiger partial charge on any atom is -0.368 e. The molecule has 1 fully saturated rings. The maximum Gasteiger partial charge on any atom is 0.227 e. The largest absolute Gasteiger partial charge is 0.368 e. The van der Waals surface area contributed by atoms with Gasteiger partial charge in [-0.1, -0.05) is 0 Å². The second kappa shape index (κ2) is 6.42. The Bertz CT molecular complexity index is 819. The van der Waals surface area contributed by atoms with Gasteiger partial charge in [-0.05, 0) is 31.7 Å². The molecule has 1 spiro atoms. The van der Waals surface area contributed by atoms with Crippen LogP contribution in [0.2, 0.25) is 0 Å². The summed E-state index contributed by atoms with van der Waals surface area (Å²) in [6.45, 7) is 4.08. The first-order valence-electron chi connectivity index (χ1n) is 8.90. The molecule has 2 aromatic rings. The zero-order valence-corrected chi connectivity index (χ0v) is 15.4. The van der Waals surface area contributed by atoms with E-state index in [2.05, 4.69) is 19.9 Å². The summed E-state index contributed by atoms with van der Waals surface area (Å²) in [4.78, 5) is 21.3. The Kier molecular flexibility index (Phi) is 4.22. The molecule has 0 unspecified atom stereocenters. The van der Waals surface area contributed by atoms with Crippen LogP contribution in [0, 0.1) is 12.7 Å². The van der Waals surface area contributed by atoms with Crippen molar-refractivity contribution in [2.24, 2.45) is 0 Å². The number of aromatic nitrogens is 4. The number of anilines is 2. The molecule has 1 saturated heterocycles. The van der Waals surface area contributed by atoms with E-state index >= 15 is 0 Å². The first kappa shape index (κ1) is 17.1. The highest BCUT2D eigenvalue weighted by molar-refractivity contribution is 5.44. The Morgan fingerprint density at radius 2 is 1.92 bits per heavy atom. The molecule has 4 heterocycles. The molecule has 0 aliphatic carbocycles. The van der Waals surface area contributed by atoms with Gasteiger partial charge >= 0.3 is 0 Å². The van der Waals surface area contributed by atoms with Crippen molar-refractivity contribution in [2.45, 2.75) is 31.8 Å². The second-order valence-corrected chi connectivity index (χ2v) is 7.11. The molecular weight excluding hydrogens is 335 g/mol. The van der Waals surface area contributed by atoms with Gasteiger partial charge in [0.05, 0.1) is 18.5 Å². The topological polar surface area (TPSA) is 67.3 Å². The van der Waals surface area contributed by atoms with Crippen LogP contribution in [0.25, 0.3) is 0 Å². The normalized spacial score (nSPS) is 18.7. The van der Waals surface area contributed by atoms with E-state index in [1.165, 1.54) is 11.8 Å². The van der Waals surface area contributed by atoms with Crippen molar-refractivity contribution >= 4 is 11.8 Å². The standard InChI is InChI=1S/C18H23FN6O/c1-12-20-10-13-4-9-26-18(15(13)22-12)5-7-25(8-6-18)17-21-11-14(19)16(23-17)24(2)3/h10-11H,4-9H2,1-3H3. The molecule has 0 radical (unpaired) electrons. The lowest BCUT2D eigenvalue weighted by molar-refractivity contribution is -0.0804. The van der Waals surface area contributed by atoms with E-state index in [9.17, 15) is 4.39 Å². The zero-order valence-electron chi connectivity index (χ0n) is 15.4. The van der Waals surface area contributed by atoms with Gasteiger partial charge in [0, 0.05) is 33.4 Å². The molecule has 2 aromatic heterocycles. The van der Waals surface area contributed by atoms with Crippen LogP contribution in [0.5, 0.6) is 0 Å². The van der Waals surface area contributed by atoms with E-state index in [4.69, 9.17) is 9.72 Å². The summed E-state index contributed by atoms with van der Waals surface area (Å²) in [7, 11) is 3.55. The molecule has 138 valence electrons. The minimum absolute atomic E-state index is 0.304. The average molecular weight is 358 g/mol. The number of aryl methyl sites for hydroxylation is 1. The van der Waals surface area contributed by atoms with Gasteiger partial charge in [-0.2, -0.15) is 4.98 Å². The SMILES string of the molecule is Cc1ncc2c(n1)C1(CCN(c3ncc(F)c(N(C)C)n3)CC1)OCC2. The van der Waals surface area contributed by atoms with Gasteiger partial charge < -0.3 is 14.5 Å². The predicted octanol–water partition coefficient (Wildman–Crippen LogP) is 1.85. The van der Waals surface area contributed by atoms with Crippen LogP contribution >= 0.6 is 0 Å². The summed E-state index contributed by atoms with van der Waals surface area (Å²) in [6.07, 6.45) is 5.63. The molecule has 2 aliphatic rings. The molecule has 0 aromatic carbocycles. The maximum absolute atomic E-state index is 13.9. The first-order valence-corrected chi connectivity index (χ1v) is 8.90. The van der Waals surface area contributed by atoms with Gasteiger partial charge in [-0.15, -0.1) is 0 Å². The van der Waals surface area contributed by atoms with Crippen LogP contribution in [-0.4, -0.2) is 53.7 Å². The minimum atomic E-state index is -0.413. The highest BCUT2D eigenvalue weighted by Gasteiger charge is 2.43. The van der Waals surface area contributed by atoms with Gasteiger partial charge in [0.1, 0.15) is 11.4 Å². The summed E-state index contributed by atoms with van der Waals surface area (Å²) in [5.74, 6) is 1.22. The third-order valence-corrected chi connectivity index (χ3v) is 5.16. The molecule has 0 atom stereocenters. The van der Waals surface area contributed by atoms with E-state index in [-0.39, 0.29) is 5.60 Å². The smallest absolute Gasteiger partial charge is 0.227 e. The Morgan fingerprint density at radius 1 is 1.15 bits per heavy atom. The van der Waals surface area contributed by atoms with Gasteiger partial charge in [-0.25, -0.2) is 19.3 Å². The summed E-state index contributed by atoms with van der Waals surface area (Å²) in [6, 6.07) is 0. The molecule has 4 rings (SSSR count). The van der Waals surface area contributed by atoms with Crippen molar-refractivity contribution in [3.63, 3.8) is 0 Å². The molecule has 0 N–H and O–H groups in total. The van der Waals surface area contributed by atoms with Gasteiger partial charge in [-0.3, -0.25) is 0 Å². The van der Waals surface area contributed by atoms with E-state index in [0.717, 1.165) is 43.9 Å². The monoisotopic (exact) mass is 358 g/mol. The Labute approximate surface area is 152 Å². The predicted molar refractivity (Wildman–Crippen MR) is 95.9 cm³/mol. The molecule has 0 bridgehead atoms. The lowest BCUT2D eigenvalue weighted by Gasteiger charge is -2.44. The molecule has 8 heteroatoms. The van der Waals surface area contributed by atoms with Gasteiger partial charge in [0.2, 0.25) is 5.95 Å². The van der Waals surface area contributed by atoms with Crippen molar-refractivity contribution in [1.29, 1.82) is 0 Å². The maximum atomic E-state index is 13.9. The van der Waals surface area contributed by atoms with Gasteiger partial charge in [0.15, 0.2) is 11.6 Å². The third-order valence-electron chi connectivity index (χ3n) is 5.16. The number of hydrogen-bond donors (Lipinski definition) is 0. The van der Waals surface area contributed by atoms with E-state index in [1.807, 2.05) is 13.1 Å². The van der Waals surface area contributed by atoms with Crippen LogP contribution < -0.4 is 9.80 Å². The number of rotatable bonds is 2. The third kappa shape index (κ3) is 2.88. The fourth-order valence-corrected chi connectivity index (χ4v) is 3.76. The zero-order chi connectivity index (χ0) is 18.3. The van der Waals surface area contributed by atoms with Crippen molar-refractivity contribution in [2.75, 3.05) is 43.6 Å². The fraction of sp³-hybridized carbons (Fsp3) is 0.556. The molecule has 0 saturated carbocycles. The number of fused-ring (bicyclic) bond motifs is 2. The Balaban J connectivity index is 1.57. The van der Waals surface area contributed by atoms with E-state index < -0.39 is 5.82 Å². The number of hydrogen-bond acceptors (Lipinski definition) is 7. The highest BCUT2D eigenvalue weighted by Crippen LogP contribution is 2.40. The van der Waals surface area contributed by atoms with Crippen LogP contribution in [0.1, 0.15) is 29.9 Å². The Morgan fingerprint density at radius 3 is 2.65 bits per heavy atom. The van der Waals surface area contributed by atoms with Crippen molar-refractivity contribution in [3.05, 3.63) is 35.3 Å². The first-order chi connectivity index (χ1) is 12.5. The number of piperidine rings is 1. The molecular formula is C18H23FN6O. The Hall–Kier alpha value is -2.35. The van der Waals surface area contributed by atoms with Crippen LogP contribution in [0.3, 0.4) is 0 Å². The number of nitrogens with zero attached hydrogens (tertiary/aromatic N) is 6. The lowest BCUT2D eigenvalue weighted by atomic mass is 9.83. The highest BCUT2D eigenvalue weighted by atomic mass is 19.1. The van der Waals surface area contributed by atoms with Crippen LogP contribution in [-0.2, 0) is 16.8 Å². The molecule has 0 amide bonds. The van der Waals surface area contributed by atoms with Crippen molar-refractivity contribution in [1.82, 2.24) is 19.9 Å². The van der Waals surface area contributed by atoms with Gasteiger partial charge in [0.25, 0.3) is 0 Å². The molecule has 7 nitrogen and oxygen atoms in total. The summed E-state index contributed by atoms with van der Waals surface area (Å²) >= 11 is 0. The van der Waals surface area contributed by atoms with Crippen molar-refractivity contribution in [3.8, 4) is 0 Å². The van der Waals surface area contributed by atoms with E-state index in [0.29, 0.717) is 18.4 Å². The summed E-state index contributed by atoms with van der Waals surface area (Å²) < 4.78 is 20.1. The molecule has 2 aliphatic heterocycles. The van der Waals surface area contributed by atoms with Crippen LogP contribution in [0.4, 0.5) is 16.2 Å². The lowest BCUT2D eigenvalue weighted by Crippen LogP contribution is -2.47. The van der Waals surface area contributed by atoms with Crippen molar-refractivity contribution < 1.29 is 9.13 Å². The summed E-state index contributed by atoms with van der Waals surface area (Å²) in [5, 5.41) is 0. The van der Waals surface area contributed by atoms with Crippen LogP contribution in [0.15, 0.2) is 12.4 Å². The summed E-state index contributed by atoms with van der Waals surface area (Å²) in [5.41, 5.74) is 1.86. The average Bonchev–Trinajstić information content (AvgIpc) is 2.63. The number of halogens is 1. The molecule has 26 heavy (non-hydrogen) atoms. The second-order valence-electron chi connectivity index (χ2n) is 7.11. The van der Waals surface area contributed by atoms with E-state index in [1.54, 1.807) is 19.0 Å². The fourth-order valence-electron chi connectivity index (χ4n) is 3.76. The number of ether oxygens (including phenoxy) is 1. The quantitative estimate of drug-likeness (QED) is 0.811.